The zero-order valence-electron chi connectivity index (χ0n) is 20.2. The highest BCUT2D eigenvalue weighted by Crippen LogP contribution is 2.30. The standard InChI is InChI=1S/C24H32N4O5S2/c1-16(2)14-28(15-21(29)20(26-24(30)31)12-17-8-6-5-7-9-17)35(32,33)18-10-11-19-22(13-18)34-23(25-19)27(3)4/h5-11,13,16,20-21,26,29H,12,14-15H2,1-4H3,(H,30,31). The average molecular weight is 521 g/mol. The summed E-state index contributed by atoms with van der Waals surface area (Å²) < 4.78 is 29.3. The number of aliphatic hydroxyl groups excluding tert-OH is 1. The Morgan fingerprint density at radius 3 is 2.40 bits per heavy atom. The average Bonchev–Trinajstić information content (AvgIpc) is 3.22. The maximum Gasteiger partial charge on any atom is 0.404 e. The number of anilines is 1. The van der Waals surface area contributed by atoms with E-state index in [9.17, 15) is 23.4 Å². The van der Waals surface area contributed by atoms with Crippen LogP contribution in [0.3, 0.4) is 0 Å². The Morgan fingerprint density at radius 1 is 1.11 bits per heavy atom. The lowest BCUT2D eigenvalue weighted by molar-refractivity contribution is 0.0980. The molecule has 0 fully saturated rings. The fourth-order valence-electron chi connectivity index (χ4n) is 3.72. The molecule has 2 unspecified atom stereocenters. The van der Waals surface area contributed by atoms with Crippen molar-refractivity contribution in [3.8, 4) is 0 Å². The maximum atomic E-state index is 13.6. The van der Waals surface area contributed by atoms with Crippen molar-refractivity contribution in [3.05, 3.63) is 54.1 Å². The molecular weight excluding hydrogens is 488 g/mol. The summed E-state index contributed by atoms with van der Waals surface area (Å²) in [5.74, 6) is -0.00976. The van der Waals surface area contributed by atoms with Crippen LogP contribution in [0.4, 0.5) is 9.93 Å². The number of benzene rings is 2. The highest BCUT2D eigenvalue weighted by atomic mass is 32.2. The van der Waals surface area contributed by atoms with Crippen molar-refractivity contribution in [1.29, 1.82) is 0 Å². The number of hydrogen-bond acceptors (Lipinski definition) is 7. The van der Waals surface area contributed by atoms with Crippen LogP contribution in [0, 0.1) is 5.92 Å². The zero-order valence-corrected chi connectivity index (χ0v) is 21.9. The number of sulfonamides is 1. The minimum absolute atomic E-state index is 0.00976. The summed E-state index contributed by atoms with van der Waals surface area (Å²) >= 11 is 1.40. The molecule has 0 radical (unpaired) electrons. The van der Waals surface area contributed by atoms with Crippen LogP contribution in [0.25, 0.3) is 10.2 Å². The third-order valence-electron chi connectivity index (χ3n) is 5.40. The van der Waals surface area contributed by atoms with Gasteiger partial charge >= 0.3 is 6.09 Å². The van der Waals surface area contributed by atoms with Gasteiger partial charge in [-0.05, 0) is 36.1 Å². The van der Waals surface area contributed by atoms with E-state index in [1.165, 1.54) is 21.7 Å². The molecule has 0 aliphatic rings. The second kappa shape index (κ2) is 11.3. The van der Waals surface area contributed by atoms with Gasteiger partial charge in [-0.3, -0.25) is 0 Å². The first kappa shape index (κ1) is 26.9. The highest BCUT2D eigenvalue weighted by molar-refractivity contribution is 7.89. The fraction of sp³-hybridized carbons (Fsp3) is 0.417. The van der Waals surface area contributed by atoms with Gasteiger partial charge in [0.15, 0.2) is 5.13 Å². The van der Waals surface area contributed by atoms with Gasteiger partial charge in [0, 0.05) is 27.2 Å². The molecule has 2 aromatic carbocycles. The molecule has 9 nitrogen and oxygen atoms in total. The van der Waals surface area contributed by atoms with Crippen molar-refractivity contribution < 1.29 is 23.4 Å². The molecular formula is C24H32N4O5S2. The van der Waals surface area contributed by atoms with Crippen molar-refractivity contribution in [2.45, 2.75) is 37.3 Å². The number of fused-ring (bicyclic) bond motifs is 1. The summed E-state index contributed by atoms with van der Waals surface area (Å²) in [5, 5.41) is 23.4. The number of aliphatic hydroxyl groups is 1. The van der Waals surface area contributed by atoms with Crippen molar-refractivity contribution in [1.82, 2.24) is 14.6 Å². The van der Waals surface area contributed by atoms with Crippen LogP contribution in [0.2, 0.25) is 0 Å². The first-order chi connectivity index (χ1) is 16.5. The van der Waals surface area contributed by atoms with Gasteiger partial charge < -0.3 is 20.4 Å². The lowest BCUT2D eigenvalue weighted by Crippen LogP contribution is -2.50. The van der Waals surface area contributed by atoms with E-state index in [-0.39, 0.29) is 30.3 Å². The molecule has 0 spiro atoms. The Labute approximate surface area is 210 Å². The van der Waals surface area contributed by atoms with Crippen LogP contribution in [0.5, 0.6) is 0 Å². The van der Waals surface area contributed by atoms with Crippen molar-refractivity contribution in [3.63, 3.8) is 0 Å². The predicted octanol–water partition coefficient (Wildman–Crippen LogP) is 3.25. The second-order valence-corrected chi connectivity index (χ2v) is 12.0. The van der Waals surface area contributed by atoms with Crippen molar-refractivity contribution in [2.24, 2.45) is 5.92 Å². The molecule has 0 saturated heterocycles. The molecule has 0 bridgehead atoms. The van der Waals surface area contributed by atoms with E-state index in [0.717, 1.165) is 15.4 Å². The molecule has 1 heterocycles. The minimum Gasteiger partial charge on any atom is -0.465 e. The first-order valence-electron chi connectivity index (χ1n) is 11.3. The number of carbonyl (C=O) groups is 1. The van der Waals surface area contributed by atoms with E-state index in [1.807, 2.05) is 63.2 Å². The largest absolute Gasteiger partial charge is 0.465 e. The van der Waals surface area contributed by atoms with E-state index < -0.39 is 28.3 Å². The van der Waals surface area contributed by atoms with E-state index in [0.29, 0.717) is 5.52 Å². The van der Waals surface area contributed by atoms with Gasteiger partial charge in [-0.2, -0.15) is 4.31 Å². The molecule has 35 heavy (non-hydrogen) atoms. The summed E-state index contributed by atoms with van der Waals surface area (Å²) in [7, 11) is -0.219. The van der Waals surface area contributed by atoms with Gasteiger partial charge in [0.2, 0.25) is 10.0 Å². The Balaban J connectivity index is 1.90. The number of carboxylic acid groups (broad SMARTS) is 1. The second-order valence-electron chi connectivity index (χ2n) is 9.05. The number of amides is 1. The number of nitrogens with one attached hydrogen (secondary N) is 1. The minimum atomic E-state index is -3.97. The molecule has 3 aromatic rings. The quantitative estimate of drug-likeness (QED) is 0.355. The summed E-state index contributed by atoms with van der Waals surface area (Å²) in [4.78, 5) is 17.9. The normalized spacial score (nSPS) is 13.8. The van der Waals surface area contributed by atoms with Gasteiger partial charge in [-0.15, -0.1) is 0 Å². The fourth-order valence-corrected chi connectivity index (χ4v) is 6.37. The first-order valence-corrected chi connectivity index (χ1v) is 13.5. The molecule has 0 aliphatic carbocycles. The molecule has 3 rings (SSSR count). The number of thiazole rings is 1. The third kappa shape index (κ3) is 6.91. The Hall–Kier alpha value is -2.73. The lowest BCUT2D eigenvalue weighted by atomic mass is 10.0. The van der Waals surface area contributed by atoms with Crippen LogP contribution < -0.4 is 10.2 Å². The highest BCUT2D eigenvalue weighted by Gasteiger charge is 2.31. The molecule has 3 N–H and O–H groups in total. The van der Waals surface area contributed by atoms with Crippen LogP contribution in [-0.4, -0.2) is 73.3 Å². The lowest BCUT2D eigenvalue weighted by Gasteiger charge is -2.30. The number of rotatable bonds is 11. The van der Waals surface area contributed by atoms with Crippen LogP contribution in [0.1, 0.15) is 19.4 Å². The SMILES string of the molecule is CC(C)CN(CC(O)C(Cc1ccccc1)NC(=O)O)S(=O)(=O)c1ccc2nc(N(C)C)sc2c1. The molecule has 0 aliphatic heterocycles. The van der Waals surface area contributed by atoms with Crippen LogP contribution in [0.15, 0.2) is 53.4 Å². The van der Waals surface area contributed by atoms with E-state index in [2.05, 4.69) is 10.3 Å². The summed E-state index contributed by atoms with van der Waals surface area (Å²) in [6.45, 7) is 3.71. The zero-order chi connectivity index (χ0) is 25.8. The Kier molecular flexibility index (Phi) is 8.70. The van der Waals surface area contributed by atoms with E-state index in [1.54, 1.807) is 12.1 Å². The van der Waals surface area contributed by atoms with Crippen molar-refractivity contribution >= 4 is 42.8 Å². The van der Waals surface area contributed by atoms with Gasteiger partial charge in [0.05, 0.1) is 27.3 Å². The number of hydrogen-bond donors (Lipinski definition) is 3. The van der Waals surface area contributed by atoms with Gasteiger partial charge in [-0.25, -0.2) is 18.2 Å². The van der Waals surface area contributed by atoms with E-state index >= 15 is 0 Å². The maximum absolute atomic E-state index is 13.6. The topological polar surface area (TPSA) is 123 Å². The number of aromatic nitrogens is 1. The molecule has 2 atom stereocenters. The number of nitrogens with zero attached hydrogens (tertiary/aromatic N) is 3. The molecule has 1 amide bonds. The van der Waals surface area contributed by atoms with Gasteiger partial charge in [-0.1, -0.05) is 55.5 Å². The van der Waals surface area contributed by atoms with Gasteiger partial charge in [0.1, 0.15) is 0 Å². The smallest absolute Gasteiger partial charge is 0.404 e. The Bertz CT molecular complexity index is 1250. The summed E-state index contributed by atoms with van der Waals surface area (Å²) in [6, 6.07) is 13.1. The molecule has 1 aromatic heterocycles. The van der Waals surface area contributed by atoms with Crippen LogP contribution >= 0.6 is 11.3 Å². The third-order valence-corrected chi connectivity index (χ3v) is 8.41. The van der Waals surface area contributed by atoms with Gasteiger partial charge in [0.25, 0.3) is 0 Å². The summed E-state index contributed by atoms with van der Waals surface area (Å²) in [6.07, 6.45) is -2.31. The van der Waals surface area contributed by atoms with E-state index in [4.69, 9.17) is 0 Å². The Morgan fingerprint density at radius 2 is 1.80 bits per heavy atom. The monoisotopic (exact) mass is 520 g/mol. The van der Waals surface area contributed by atoms with Crippen LogP contribution in [-0.2, 0) is 16.4 Å². The summed E-state index contributed by atoms with van der Waals surface area (Å²) in [5.41, 5.74) is 1.54. The molecule has 190 valence electrons. The molecule has 11 heteroatoms. The van der Waals surface area contributed by atoms with Crippen molar-refractivity contribution in [2.75, 3.05) is 32.1 Å². The predicted molar refractivity (Wildman–Crippen MR) is 139 cm³/mol. The molecule has 0 saturated carbocycles.